The summed E-state index contributed by atoms with van der Waals surface area (Å²) < 4.78 is 26.0. The average Bonchev–Trinajstić information content (AvgIpc) is 2.35. The molecule has 0 aromatic heterocycles. The van der Waals surface area contributed by atoms with Crippen LogP contribution < -0.4 is 11.1 Å². The monoisotopic (exact) mass is 256 g/mol. The van der Waals surface area contributed by atoms with E-state index in [-0.39, 0.29) is 12.1 Å². The molecule has 0 unspecified atom stereocenters. The fourth-order valence-electron chi connectivity index (χ4n) is 1.76. The first-order valence-corrected chi connectivity index (χ1v) is 5.95. The molecule has 18 heavy (non-hydrogen) atoms. The van der Waals surface area contributed by atoms with Crippen molar-refractivity contribution in [2.45, 2.75) is 32.2 Å². The van der Waals surface area contributed by atoms with Crippen molar-refractivity contribution < 1.29 is 13.6 Å². The number of hydrogen-bond acceptors (Lipinski definition) is 2. The summed E-state index contributed by atoms with van der Waals surface area (Å²) in [6.07, 6.45) is 1.31. The maximum atomic E-state index is 13.0. The van der Waals surface area contributed by atoms with Gasteiger partial charge in [-0.05, 0) is 25.0 Å². The lowest BCUT2D eigenvalue weighted by Gasteiger charge is -2.31. The molecule has 1 rings (SSSR count). The quantitative estimate of drug-likeness (QED) is 0.848. The lowest BCUT2D eigenvalue weighted by Crippen LogP contribution is -2.52. The second-order valence-electron chi connectivity index (χ2n) is 4.30. The summed E-state index contributed by atoms with van der Waals surface area (Å²) in [7, 11) is 0. The highest BCUT2D eigenvalue weighted by Crippen LogP contribution is 2.15. The molecule has 100 valence electrons. The van der Waals surface area contributed by atoms with E-state index in [1.54, 1.807) is 0 Å². The van der Waals surface area contributed by atoms with Gasteiger partial charge in [-0.3, -0.25) is 4.79 Å². The average molecular weight is 256 g/mol. The van der Waals surface area contributed by atoms with Gasteiger partial charge in [-0.15, -0.1) is 0 Å². The first kappa shape index (κ1) is 14.6. The van der Waals surface area contributed by atoms with E-state index in [4.69, 9.17) is 5.73 Å². The van der Waals surface area contributed by atoms with Gasteiger partial charge in [0.25, 0.3) is 5.91 Å². The molecule has 3 nitrogen and oxygen atoms in total. The molecule has 1 aromatic rings. The molecule has 0 fully saturated rings. The van der Waals surface area contributed by atoms with E-state index in [0.717, 1.165) is 18.2 Å². The highest BCUT2D eigenvalue weighted by molar-refractivity contribution is 5.94. The molecule has 0 aliphatic heterocycles. The summed E-state index contributed by atoms with van der Waals surface area (Å²) in [4.78, 5) is 11.9. The normalized spacial score (nSPS) is 11.4. The van der Waals surface area contributed by atoms with Gasteiger partial charge in [0.05, 0.1) is 5.54 Å². The number of nitrogens with two attached hydrogens (primary N) is 1. The molecule has 1 aromatic carbocycles. The standard InChI is InChI=1S/C13H18F2N2O/c1-3-13(4-2,8-16)17-12(18)9-5-10(14)7-11(15)6-9/h5-7H,3-4,8,16H2,1-2H3,(H,17,18). The SMILES string of the molecule is CCC(CC)(CN)NC(=O)c1cc(F)cc(F)c1. The van der Waals surface area contributed by atoms with Gasteiger partial charge >= 0.3 is 0 Å². The summed E-state index contributed by atoms with van der Waals surface area (Å²) in [5.41, 5.74) is 5.09. The molecule has 0 bridgehead atoms. The van der Waals surface area contributed by atoms with Gasteiger partial charge in [0.1, 0.15) is 11.6 Å². The Morgan fingerprint density at radius 2 is 1.72 bits per heavy atom. The van der Waals surface area contributed by atoms with Crippen LogP contribution in [0, 0.1) is 11.6 Å². The van der Waals surface area contributed by atoms with E-state index in [2.05, 4.69) is 5.32 Å². The van der Waals surface area contributed by atoms with Crippen LogP contribution in [-0.4, -0.2) is 18.0 Å². The van der Waals surface area contributed by atoms with E-state index in [0.29, 0.717) is 12.8 Å². The van der Waals surface area contributed by atoms with Crippen molar-refractivity contribution in [3.63, 3.8) is 0 Å². The molecule has 0 radical (unpaired) electrons. The number of halogens is 2. The molecule has 0 atom stereocenters. The minimum absolute atomic E-state index is 0.0350. The lowest BCUT2D eigenvalue weighted by atomic mass is 9.92. The zero-order valence-electron chi connectivity index (χ0n) is 10.6. The zero-order valence-corrected chi connectivity index (χ0v) is 10.6. The van der Waals surface area contributed by atoms with E-state index in [1.165, 1.54) is 0 Å². The Hall–Kier alpha value is -1.49. The van der Waals surface area contributed by atoms with Crippen molar-refractivity contribution in [1.82, 2.24) is 5.32 Å². The minimum Gasteiger partial charge on any atom is -0.345 e. The Labute approximate surface area is 105 Å². The number of benzene rings is 1. The van der Waals surface area contributed by atoms with E-state index >= 15 is 0 Å². The summed E-state index contributed by atoms with van der Waals surface area (Å²) in [6, 6.07) is 2.74. The smallest absolute Gasteiger partial charge is 0.251 e. The van der Waals surface area contributed by atoms with Gasteiger partial charge in [0.15, 0.2) is 0 Å². The van der Waals surface area contributed by atoms with Crippen LogP contribution in [0.15, 0.2) is 18.2 Å². The summed E-state index contributed by atoms with van der Waals surface area (Å²) in [5.74, 6) is -2.06. The van der Waals surface area contributed by atoms with Crippen molar-refractivity contribution in [1.29, 1.82) is 0 Å². The fourth-order valence-corrected chi connectivity index (χ4v) is 1.76. The van der Waals surface area contributed by atoms with Crippen LogP contribution in [0.3, 0.4) is 0 Å². The number of rotatable bonds is 5. The zero-order chi connectivity index (χ0) is 13.8. The van der Waals surface area contributed by atoms with Crippen molar-refractivity contribution in [2.75, 3.05) is 6.54 Å². The Morgan fingerprint density at radius 3 is 2.11 bits per heavy atom. The Kier molecular flexibility index (Phi) is 4.78. The third kappa shape index (κ3) is 3.26. The molecule has 0 saturated carbocycles. The van der Waals surface area contributed by atoms with Crippen LogP contribution >= 0.6 is 0 Å². The number of hydrogen-bond donors (Lipinski definition) is 2. The van der Waals surface area contributed by atoms with Crippen LogP contribution in [0.4, 0.5) is 8.78 Å². The molecule has 3 N–H and O–H groups in total. The highest BCUT2D eigenvalue weighted by atomic mass is 19.1. The topological polar surface area (TPSA) is 55.1 Å². The van der Waals surface area contributed by atoms with Crippen LogP contribution in [0.5, 0.6) is 0 Å². The van der Waals surface area contributed by atoms with Crippen LogP contribution in [0.2, 0.25) is 0 Å². The molecular weight excluding hydrogens is 238 g/mol. The van der Waals surface area contributed by atoms with Gasteiger partial charge in [0.2, 0.25) is 0 Å². The summed E-state index contributed by atoms with van der Waals surface area (Å²) >= 11 is 0. The maximum absolute atomic E-state index is 13.0. The summed E-state index contributed by atoms with van der Waals surface area (Å²) in [5, 5.41) is 2.75. The largest absolute Gasteiger partial charge is 0.345 e. The number of carbonyl (C=O) groups is 1. The molecule has 0 heterocycles. The molecule has 1 amide bonds. The summed E-state index contributed by atoms with van der Waals surface area (Å²) in [6.45, 7) is 4.09. The third-order valence-corrected chi connectivity index (χ3v) is 3.25. The van der Waals surface area contributed by atoms with Crippen molar-refractivity contribution >= 4 is 5.91 Å². The number of nitrogens with one attached hydrogen (secondary N) is 1. The van der Waals surface area contributed by atoms with Gasteiger partial charge < -0.3 is 11.1 Å². The molecule has 5 heteroatoms. The Morgan fingerprint density at radius 1 is 1.22 bits per heavy atom. The molecule has 0 aliphatic carbocycles. The Balaban J connectivity index is 2.94. The second kappa shape index (κ2) is 5.91. The lowest BCUT2D eigenvalue weighted by molar-refractivity contribution is 0.0894. The second-order valence-corrected chi connectivity index (χ2v) is 4.30. The predicted molar refractivity (Wildman–Crippen MR) is 66.2 cm³/mol. The third-order valence-electron chi connectivity index (χ3n) is 3.25. The van der Waals surface area contributed by atoms with Gasteiger partial charge in [-0.25, -0.2) is 8.78 Å². The number of carbonyl (C=O) groups excluding carboxylic acids is 1. The van der Waals surface area contributed by atoms with Gasteiger partial charge in [0, 0.05) is 18.2 Å². The van der Waals surface area contributed by atoms with Crippen molar-refractivity contribution in [2.24, 2.45) is 5.73 Å². The Bertz CT molecular complexity index is 402. The molecular formula is C13H18F2N2O. The van der Waals surface area contributed by atoms with E-state index in [9.17, 15) is 13.6 Å². The maximum Gasteiger partial charge on any atom is 0.251 e. The first-order valence-electron chi connectivity index (χ1n) is 5.95. The molecule has 0 saturated heterocycles. The highest BCUT2D eigenvalue weighted by Gasteiger charge is 2.27. The predicted octanol–water partition coefficient (Wildman–Crippen LogP) is 2.21. The van der Waals surface area contributed by atoms with Crippen LogP contribution in [0.1, 0.15) is 37.0 Å². The van der Waals surface area contributed by atoms with Crippen molar-refractivity contribution in [3.8, 4) is 0 Å². The van der Waals surface area contributed by atoms with E-state index < -0.39 is 23.1 Å². The van der Waals surface area contributed by atoms with Gasteiger partial charge in [-0.2, -0.15) is 0 Å². The van der Waals surface area contributed by atoms with Gasteiger partial charge in [-0.1, -0.05) is 13.8 Å². The van der Waals surface area contributed by atoms with Crippen LogP contribution in [0.25, 0.3) is 0 Å². The minimum atomic E-state index is -0.772. The van der Waals surface area contributed by atoms with Crippen LogP contribution in [-0.2, 0) is 0 Å². The van der Waals surface area contributed by atoms with Crippen molar-refractivity contribution in [3.05, 3.63) is 35.4 Å². The first-order chi connectivity index (χ1) is 8.46. The van der Waals surface area contributed by atoms with E-state index in [1.807, 2.05) is 13.8 Å². The number of amides is 1. The molecule has 0 spiro atoms. The molecule has 0 aliphatic rings. The fraction of sp³-hybridized carbons (Fsp3) is 0.462.